The topological polar surface area (TPSA) is 29.1 Å². The largest absolute Gasteiger partial charge is 0.345 e. The fourth-order valence-corrected chi connectivity index (χ4v) is 2.79. The molecule has 1 aliphatic carbocycles. The quantitative estimate of drug-likeness (QED) is 0.390. The highest BCUT2D eigenvalue weighted by molar-refractivity contribution is 6.19. The van der Waals surface area contributed by atoms with Crippen LogP contribution in [0.25, 0.3) is 0 Å². The van der Waals surface area contributed by atoms with E-state index >= 15 is 0 Å². The fraction of sp³-hybridized carbons (Fsp3) is 0.462. The lowest BCUT2D eigenvalue weighted by Gasteiger charge is -2.28. The van der Waals surface area contributed by atoms with E-state index in [1.807, 2.05) is 0 Å². The maximum Gasteiger partial charge on any atom is 0.257 e. The number of nitrogens with one attached hydrogen (secondary N) is 1. The first-order valence-electron chi connectivity index (χ1n) is 6.23. The maximum absolute atomic E-state index is 13.5. The van der Waals surface area contributed by atoms with Crippen LogP contribution in [0.3, 0.4) is 0 Å². The standard InChI is InChI=1S/C13H11ClF5NO/c14-5-13(3-1-2-4-13)20-12(21)6-7(15)9(17)11(19)10(18)8(6)16/h1-5H2,(H,20,21). The van der Waals surface area contributed by atoms with Crippen LogP contribution in [0.15, 0.2) is 0 Å². The normalized spacial score (nSPS) is 17.0. The summed E-state index contributed by atoms with van der Waals surface area (Å²) in [6, 6.07) is 0. The zero-order chi connectivity index (χ0) is 15.8. The van der Waals surface area contributed by atoms with Gasteiger partial charge in [-0.05, 0) is 12.8 Å². The van der Waals surface area contributed by atoms with Crippen LogP contribution in [0, 0.1) is 29.1 Å². The van der Waals surface area contributed by atoms with Crippen molar-refractivity contribution in [1.82, 2.24) is 5.32 Å². The Labute approximate surface area is 122 Å². The number of rotatable bonds is 3. The van der Waals surface area contributed by atoms with E-state index in [1.165, 1.54) is 0 Å². The molecule has 0 radical (unpaired) electrons. The van der Waals surface area contributed by atoms with Crippen molar-refractivity contribution >= 4 is 17.5 Å². The highest BCUT2D eigenvalue weighted by atomic mass is 35.5. The highest BCUT2D eigenvalue weighted by Crippen LogP contribution is 2.32. The zero-order valence-corrected chi connectivity index (χ0v) is 11.5. The number of amides is 1. The van der Waals surface area contributed by atoms with E-state index in [1.54, 1.807) is 0 Å². The molecule has 116 valence electrons. The van der Waals surface area contributed by atoms with E-state index in [0.717, 1.165) is 12.8 Å². The summed E-state index contributed by atoms with van der Waals surface area (Å²) >= 11 is 5.75. The number of hydrogen-bond acceptors (Lipinski definition) is 1. The van der Waals surface area contributed by atoms with Crippen molar-refractivity contribution in [3.63, 3.8) is 0 Å². The van der Waals surface area contributed by atoms with Gasteiger partial charge in [-0.3, -0.25) is 4.79 Å². The molecule has 0 aliphatic heterocycles. The number of carbonyl (C=O) groups excluding carboxylic acids is 1. The lowest BCUT2D eigenvalue weighted by molar-refractivity contribution is 0.0897. The first-order valence-corrected chi connectivity index (χ1v) is 6.76. The van der Waals surface area contributed by atoms with Gasteiger partial charge in [0.1, 0.15) is 5.56 Å². The van der Waals surface area contributed by atoms with Crippen molar-refractivity contribution < 1.29 is 26.7 Å². The molecule has 0 saturated heterocycles. The minimum absolute atomic E-state index is 0.00582. The lowest BCUT2D eigenvalue weighted by atomic mass is 9.99. The molecule has 1 amide bonds. The Kier molecular flexibility index (Phi) is 4.41. The number of hydrogen-bond donors (Lipinski definition) is 1. The average Bonchev–Trinajstić information content (AvgIpc) is 2.92. The van der Waals surface area contributed by atoms with E-state index in [-0.39, 0.29) is 5.88 Å². The van der Waals surface area contributed by atoms with E-state index in [0.29, 0.717) is 12.8 Å². The number of alkyl halides is 1. The molecule has 1 N–H and O–H groups in total. The molecule has 2 rings (SSSR count). The van der Waals surface area contributed by atoms with E-state index in [9.17, 15) is 26.7 Å². The molecule has 1 fully saturated rings. The second kappa shape index (κ2) is 5.79. The van der Waals surface area contributed by atoms with Crippen LogP contribution in [-0.2, 0) is 0 Å². The molecule has 2 nitrogen and oxygen atoms in total. The smallest absolute Gasteiger partial charge is 0.257 e. The van der Waals surface area contributed by atoms with Crippen LogP contribution in [0.4, 0.5) is 22.0 Å². The van der Waals surface area contributed by atoms with Crippen LogP contribution in [0.5, 0.6) is 0 Å². The predicted octanol–water partition coefficient (Wildman–Crippen LogP) is 3.66. The molecular weight excluding hydrogens is 317 g/mol. The van der Waals surface area contributed by atoms with Crippen molar-refractivity contribution in [2.75, 3.05) is 5.88 Å². The molecular formula is C13H11ClF5NO. The Balaban J connectivity index is 2.40. The Morgan fingerprint density at radius 2 is 1.38 bits per heavy atom. The van der Waals surface area contributed by atoms with Crippen molar-refractivity contribution in [3.8, 4) is 0 Å². The number of halogens is 6. The molecule has 8 heteroatoms. The maximum atomic E-state index is 13.5. The van der Waals surface area contributed by atoms with Gasteiger partial charge in [0.15, 0.2) is 23.3 Å². The third-order valence-corrected chi connectivity index (χ3v) is 4.14. The van der Waals surface area contributed by atoms with Crippen LogP contribution < -0.4 is 5.32 Å². The highest BCUT2D eigenvalue weighted by Gasteiger charge is 2.37. The molecule has 21 heavy (non-hydrogen) atoms. The first kappa shape index (κ1) is 16.0. The van der Waals surface area contributed by atoms with Crippen molar-refractivity contribution in [2.45, 2.75) is 31.2 Å². The zero-order valence-electron chi connectivity index (χ0n) is 10.7. The summed E-state index contributed by atoms with van der Waals surface area (Å²) in [5.41, 5.74) is -2.36. The van der Waals surface area contributed by atoms with E-state index in [2.05, 4.69) is 5.32 Å². The van der Waals surface area contributed by atoms with Gasteiger partial charge in [0.25, 0.3) is 5.91 Å². The SMILES string of the molecule is O=C(NC1(CCl)CCCC1)c1c(F)c(F)c(F)c(F)c1F. The predicted molar refractivity (Wildman–Crippen MR) is 65.6 cm³/mol. The Morgan fingerprint density at radius 1 is 0.952 bits per heavy atom. The van der Waals surface area contributed by atoms with Gasteiger partial charge in [-0.25, -0.2) is 22.0 Å². The summed E-state index contributed by atoms with van der Waals surface area (Å²) < 4.78 is 66.2. The molecule has 1 aromatic rings. The summed E-state index contributed by atoms with van der Waals surface area (Å²) in [6.45, 7) is 0. The number of benzene rings is 1. The molecule has 1 saturated carbocycles. The van der Waals surface area contributed by atoms with Crippen LogP contribution in [-0.4, -0.2) is 17.3 Å². The summed E-state index contributed by atoms with van der Waals surface area (Å²) in [7, 11) is 0. The summed E-state index contributed by atoms with van der Waals surface area (Å²) in [5.74, 6) is -12.2. The van der Waals surface area contributed by atoms with Crippen LogP contribution >= 0.6 is 11.6 Å². The summed E-state index contributed by atoms with van der Waals surface area (Å²) in [4.78, 5) is 11.9. The third kappa shape index (κ3) is 2.71. The van der Waals surface area contributed by atoms with Gasteiger partial charge < -0.3 is 5.32 Å². The van der Waals surface area contributed by atoms with Crippen LogP contribution in [0.2, 0.25) is 0 Å². The van der Waals surface area contributed by atoms with E-state index < -0.39 is 46.1 Å². The Hall–Kier alpha value is -1.37. The van der Waals surface area contributed by atoms with Crippen molar-refractivity contribution in [2.24, 2.45) is 0 Å². The van der Waals surface area contributed by atoms with Gasteiger partial charge in [-0.2, -0.15) is 0 Å². The van der Waals surface area contributed by atoms with E-state index in [4.69, 9.17) is 11.6 Å². The second-order valence-electron chi connectivity index (χ2n) is 5.02. The van der Waals surface area contributed by atoms with Gasteiger partial charge >= 0.3 is 0 Å². The first-order chi connectivity index (χ1) is 9.83. The molecule has 0 unspecified atom stereocenters. The summed E-state index contributed by atoms with van der Waals surface area (Å²) in [5, 5.41) is 2.31. The monoisotopic (exact) mass is 327 g/mol. The molecule has 1 aromatic carbocycles. The van der Waals surface area contributed by atoms with Gasteiger partial charge in [0, 0.05) is 5.88 Å². The van der Waals surface area contributed by atoms with Crippen molar-refractivity contribution in [3.05, 3.63) is 34.6 Å². The summed E-state index contributed by atoms with van der Waals surface area (Å²) in [6.07, 6.45) is 2.48. The minimum atomic E-state index is -2.30. The molecule has 0 bridgehead atoms. The van der Waals surface area contributed by atoms with Gasteiger partial charge in [-0.15, -0.1) is 11.6 Å². The second-order valence-corrected chi connectivity index (χ2v) is 5.29. The van der Waals surface area contributed by atoms with Gasteiger partial charge in [-0.1, -0.05) is 12.8 Å². The third-order valence-electron chi connectivity index (χ3n) is 3.63. The lowest BCUT2D eigenvalue weighted by Crippen LogP contribution is -2.48. The Bertz CT molecular complexity index is 557. The van der Waals surface area contributed by atoms with Crippen LogP contribution in [0.1, 0.15) is 36.0 Å². The Morgan fingerprint density at radius 3 is 1.81 bits per heavy atom. The van der Waals surface area contributed by atoms with Crippen molar-refractivity contribution in [1.29, 1.82) is 0 Å². The molecule has 1 aliphatic rings. The minimum Gasteiger partial charge on any atom is -0.345 e. The molecule has 0 atom stereocenters. The molecule has 0 spiro atoms. The molecule has 0 heterocycles. The fourth-order valence-electron chi connectivity index (χ4n) is 2.45. The van der Waals surface area contributed by atoms with Gasteiger partial charge in [0.2, 0.25) is 5.82 Å². The molecule has 0 aromatic heterocycles. The number of carbonyl (C=O) groups is 1. The average molecular weight is 328 g/mol. The van der Waals surface area contributed by atoms with Gasteiger partial charge in [0.05, 0.1) is 5.54 Å².